The minimum Gasteiger partial charge on any atom is -0.383 e. The first-order valence-electron chi connectivity index (χ1n) is 11.3. The number of thioether (sulfide) groups is 1. The van der Waals surface area contributed by atoms with Crippen molar-refractivity contribution in [1.29, 1.82) is 0 Å². The minimum atomic E-state index is -1.03. The Balaban J connectivity index is 1.67. The predicted molar refractivity (Wildman–Crippen MR) is 122 cm³/mol. The molecule has 2 fully saturated rings. The Bertz CT molecular complexity index is 1100. The van der Waals surface area contributed by atoms with Crippen molar-refractivity contribution in [2.45, 2.75) is 76.1 Å². The topological polar surface area (TPSA) is 106 Å². The van der Waals surface area contributed by atoms with E-state index in [0.29, 0.717) is 32.1 Å². The van der Waals surface area contributed by atoms with Gasteiger partial charge in [-0.05, 0) is 62.5 Å². The number of hydrogen-bond donors (Lipinski definition) is 2. The van der Waals surface area contributed by atoms with Gasteiger partial charge in [0.05, 0.1) is 11.6 Å². The van der Waals surface area contributed by atoms with E-state index in [9.17, 15) is 23.9 Å². The number of fused-ring (bicyclic) bond motifs is 1. The van der Waals surface area contributed by atoms with Gasteiger partial charge in [-0.3, -0.25) is 18.7 Å². The van der Waals surface area contributed by atoms with Crippen molar-refractivity contribution in [3.63, 3.8) is 0 Å². The summed E-state index contributed by atoms with van der Waals surface area (Å²) in [5, 5.41) is 12.7. The number of halogens is 1. The van der Waals surface area contributed by atoms with E-state index < -0.39 is 23.4 Å². The lowest BCUT2D eigenvalue weighted by molar-refractivity contribution is -0.130. The molecule has 0 bridgehead atoms. The van der Waals surface area contributed by atoms with E-state index in [2.05, 4.69) is 10.3 Å². The Kier molecular flexibility index (Phi) is 6.99. The zero-order chi connectivity index (χ0) is 22.8. The van der Waals surface area contributed by atoms with Gasteiger partial charge in [0.2, 0.25) is 5.91 Å². The number of rotatable bonds is 5. The van der Waals surface area contributed by atoms with E-state index in [1.165, 1.54) is 10.6 Å². The number of nitrogens with zero attached hydrogens (tertiary/aromatic N) is 3. The van der Waals surface area contributed by atoms with E-state index in [1.54, 1.807) is 11.5 Å². The van der Waals surface area contributed by atoms with Gasteiger partial charge < -0.3 is 10.4 Å². The average molecular weight is 465 g/mol. The highest BCUT2D eigenvalue weighted by atomic mass is 32.2. The Hall–Kier alpha value is -2.20. The van der Waals surface area contributed by atoms with Gasteiger partial charge in [-0.15, -0.1) is 0 Å². The fraction of sp³-hybridized carbons (Fsp3) is 0.636. The molecule has 0 spiro atoms. The molecule has 0 aromatic carbocycles. The first kappa shape index (κ1) is 23.0. The molecule has 1 atom stereocenters. The van der Waals surface area contributed by atoms with Crippen LogP contribution < -0.4 is 16.6 Å². The Morgan fingerprint density at radius 2 is 1.84 bits per heavy atom. The van der Waals surface area contributed by atoms with Gasteiger partial charge in [0.15, 0.2) is 0 Å². The summed E-state index contributed by atoms with van der Waals surface area (Å²) in [6.07, 6.45) is 4.24. The van der Waals surface area contributed by atoms with Crippen LogP contribution in [0.4, 0.5) is 4.39 Å². The number of aliphatic hydroxyl groups is 1. The predicted octanol–water partition coefficient (Wildman–Crippen LogP) is 2.14. The number of hydrogen-bond acceptors (Lipinski definition) is 6. The van der Waals surface area contributed by atoms with Gasteiger partial charge >= 0.3 is 5.69 Å². The zero-order valence-corrected chi connectivity index (χ0v) is 18.9. The molecule has 8 nitrogen and oxygen atoms in total. The van der Waals surface area contributed by atoms with Crippen molar-refractivity contribution in [2.75, 3.05) is 11.5 Å². The highest BCUT2D eigenvalue weighted by Crippen LogP contribution is 2.30. The molecule has 1 saturated heterocycles. The third-order valence-electron chi connectivity index (χ3n) is 6.58. The fourth-order valence-corrected chi connectivity index (χ4v) is 5.84. The molecule has 1 unspecified atom stereocenters. The summed E-state index contributed by atoms with van der Waals surface area (Å²) in [4.78, 5) is 42.9. The zero-order valence-electron chi connectivity index (χ0n) is 18.1. The van der Waals surface area contributed by atoms with E-state index in [-0.39, 0.29) is 34.8 Å². The number of carbonyl (C=O) groups excluding carboxylic acids is 1. The van der Waals surface area contributed by atoms with Crippen molar-refractivity contribution in [3.05, 3.63) is 38.9 Å². The van der Waals surface area contributed by atoms with Gasteiger partial charge in [-0.1, -0.05) is 6.92 Å². The third-order valence-corrected chi connectivity index (χ3v) is 7.63. The molecule has 0 radical (unpaired) electrons. The van der Waals surface area contributed by atoms with Crippen LogP contribution in [0.1, 0.15) is 64.0 Å². The molecule has 2 aromatic rings. The van der Waals surface area contributed by atoms with Gasteiger partial charge in [0, 0.05) is 18.1 Å². The Labute approximate surface area is 189 Å². The molecule has 1 aliphatic carbocycles. The normalized spacial score (nSPS) is 23.2. The summed E-state index contributed by atoms with van der Waals surface area (Å²) in [5.41, 5.74) is -0.635. The number of aromatic nitrogens is 3. The molecule has 4 rings (SSSR count). The molecule has 1 amide bonds. The Morgan fingerprint density at radius 1 is 1.19 bits per heavy atom. The van der Waals surface area contributed by atoms with Crippen LogP contribution in [-0.4, -0.2) is 48.8 Å². The van der Waals surface area contributed by atoms with Crippen molar-refractivity contribution >= 4 is 28.7 Å². The van der Waals surface area contributed by atoms with Crippen molar-refractivity contribution < 1.29 is 14.3 Å². The molecule has 1 saturated carbocycles. The van der Waals surface area contributed by atoms with E-state index >= 15 is 0 Å². The lowest BCUT2D eigenvalue weighted by atomic mass is 9.90. The number of pyridine rings is 1. The second kappa shape index (κ2) is 9.74. The summed E-state index contributed by atoms with van der Waals surface area (Å²) in [6, 6.07) is 0.679. The molecule has 32 heavy (non-hydrogen) atoms. The fourth-order valence-electron chi connectivity index (χ4n) is 4.76. The third kappa shape index (κ3) is 4.47. The number of carbonyl (C=O) groups is 1. The van der Waals surface area contributed by atoms with Crippen LogP contribution >= 0.6 is 11.8 Å². The van der Waals surface area contributed by atoms with Crippen LogP contribution in [0.3, 0.4) is 0 Å². The first-order chi connectivity index (χ1) is 15.4. The molecular weight excluding hydrogens is 435 g/mol. The summed E-state index contributed by atoms with van der Waals surface area (Å²) in [7, 11) is 0. The van der Waals surface area contributed by atoms with Gasteiger partial charge in [0.1, 0.15) is 17.6 Å². The Morgan fingerprint density at radius 3 is 2.50 bits per heavy atom. The van der Waals surface area contributed by atoms with E-state index in [1.807, 2.05) is 11.8 Å². The van der Waals surface area contributed by atoms with Crippen LogP contribution in [0.15, 0.2) is 21.9 Å². The smallest absolute Gasteiger partial charge is 0.333 e. The van der Waals surface area contributed by atoms with Crippen LogP contribution in [0.25, 0.3) is 11.0 Å². The number of aliphatic hydroxyl groups excluding tert-OH is 1. The molecule has 2 aromatic heterocycles. The minimum absolute atomic E-state index is 0.0674. The van der Waals surface area contributed by atoms with Gasteiger partial charge in [0.25, 0.3) is 5.56 Å². The van der Waals surface area contributed by atoms with Crippen LogP contribution in [0.2, 0.25) is 0 Å². The number of amides is 1. The molecular formula is C22H29FN4O4S. The summed E-state index contributed by atoms with van der Waals surface area (Å²) < 4.78 is 16.9. The highest BCUT2D eigenvalue weighted by Gasteiger charge is 2.30. The number of nitrogens with one attached hydrogen (secondary N) is 1. The highest BCUT2D eigenvalue weighted by molar-refractivity contribution is 7.99. The maximum atomic E-state index is 14.0. The standard InChI is InChI=1S/C22H29FN4O4S/c1-2-18(28)20(29)25-14-3-5-15(6-4-14)27-21(30)17-11-13(23)12-24-19(17)26(22(27)31)16-7-9-32-10-8-16/h11-12,14-16,18,28H,2-10H2,1H3,(H,25,29). The largest absolute Gasteiger partial charge is 0.383 e. The SMILES string of the molecule is CCC(O)C(=O)NC1CCC(n2c(=O)c3cc(F)cnc3n(C3CCSCC3)c2=O)CC1. The summed E-state index contributed by atoms with van der Waals surface area (Å²) >= 11 is 1.83. The average Bonchev–Trinajstić information content (AvgIpc) is 2.81. The lowest BCUT2D eigenvalue weighted by Crippen LogP contribution is -2.47. The second-order valence-electron chi connectivity index (χ2n) is 8.63. The second-order valence-corrected chi connectivity index (χ2v) is 9.86. The molecule has 1 aliphatic heterocycles. The molecule has 3 heterocycles. The molecule has 10 heteroatoms. The van der Waals surface area contributed by atoms with Crippen molar-refractivity contribution in [2.24, 2.45) is 0 Å². The summed E-state index contributed by atoms with van der Waals surface area (Å²) in [5.74, 6) is 0.852. The molecule has 2 aliphatic rings. The maximum Gasteiger partial charge on any atom is 0.333 e. The lowest BCUT2D eigenvalue weighted by Gasteiger charge is -2.32. The molecule has 2 N–H and O–H groups in total. The van der Waals surface area contributed by atoms with Gasteiger partial charge in [-0.2, -0.15) is 11.8 Å². The van der Waals surface area contributed by atoms with Crippen LogP contribution in [-0.2, 0) is 4.79 Å². The quantitative estimate of drug-likeness (QED) is 0.702. The first-order valence-corrected chi connectivity index (χ1v) is 12.4. The van der Waals surface area contributed by atoms with Gasteiger partial charge in [-0.25, -0.2) is 14.2 Å². The van der Waals surface area contributed by atoms with Crippen LogP contribution in [0, 0.1) is 5.82 Å². The van der Waals surface area contributed by atoms with E-state index in [0.717, 1.165) is 30.5 Å². The van der Waals surface area contributed by atoms with Crippen molar-refractivity contribution in [1.82, 2.24) is 19.4 Å². The monoisotopic (exact) mass is 464 g/mol. The van der Waals surface area contributed by atoms with Crippen LogP contribution in [0.5, 0.6) is 0 Å². The molecule has 174 valence electrons. The maximum absolute atomic E-state index is 14.0. The van der Waals surface area contributed by atoms with Crippen molar-refractivity contribution in [3.8, 4) is 0 Å². The van der Waals surface area contributed by atoms with E-state index in [4.69, 9.17) is 0 Å². The summed E-state index contributed by atoms with van der Waals surface area (Å²) in [6.45, 7) is 1.74.